The Balaban J connectivity index is 1.24. The zero-order chi connectivity index (χ0) is 18.9. The highest BCUT2D eigenvalue weighted by Gasteiger charge is 2.28. The molecule has 3 heterocycles. The van der Waals surface area contributed by atoms with E-state index in [-0.39, 0.29) is 12.0 Å². The van der Waals surface area contributed by atoms with Crippen LogP contribution in [0.25, 0.3) is 21.9 Å². The molecule has 5 rings (SSSR count). The number of likely N-dealkylation sites (tertiary alicyclic amines) is 1. The van der Waals surface area contributed by atoms with Gasteiger partial charge in [-0.15, -0.1) is 0 Å². The molecule has 1 atom stereocenters. The van der Waals surface area contributed by atoms with Crippen molar-refractivity contribution in [1.82, 2.24) is 19.4 Å². The molecule has 0 aliphatic carbocycles. The normalized spacial score (nSPS) is 16.7. The molecule has 4 aromatic rings. The lowest BCUT2D eigenvalue weighted by Crippen LogP contribution is -2.33. The number of ether oxygens (including phenoxy) is 1. The van der Waals surface area contributed by atoms with Crippen molar-refractivity contribution >= 4 is 27.8 Å². The van der Waals surface area contributed by atoms with Gasteiger partial charge in [-0.05, 0) is 24.3 Å². The predicted molar refractivity (Wildman–Crippen MR) is 107 cm³/mol. The van der Waals surface area contributed by atoms with E-state index in [4.69, 9.17) is 4.74 Å². The number of nitrogens with zero attached hydrogens (tertiary/aromatic N) is 4. The minimum absolute atomic E-state index is 0.0304. The van der Waals surface area contributed by atoms with Crippen molar-refractivity contribution in [3.05, 3.63) is 67.0 Å². The third-order valence-electron chi connectivity index (χ3n) is 5.19. The van der Waals surface area contributed by atoms with Gasteiger partial charge in [0.1, 0.15) is 12.6 Å². The van der Waals surface area contributed by atoms with E-state index in [1.54, 1.807) is 6.33 Å². The van der Waals surface area contributed by atoms with Crippen molar-refractivity contribution in [3.63, 3.8) is 0 Å². The van der Waals surface area contributed by atoms with Crippen molar-refractivity contribution in [2.75, 3.05) is 13.1 Å². The lowest BCUT2D eigenvalue weighted by atomic mass is 10.2. The molecule has 6 nitrogen and oxygen atoms in total. The van der Waals surface area contributed by atoms with Crippen LogP contribution in [0.15, 0.2) is 67.0 Å². The first kappa shape index (κ1) is 16.7. The lowest BCUT2D eigenvalue weighted by molar-refractivity contribution is -0.131. The quantitative estimate of drug-likeness (QED) is 0.552. The van der Waals surface area contributed by atoms with E-state index in [1.165, 1.54) is 0 Å². The average Bonchev–Trinajstić information content (AvgIpc) is 3.35. The summed E-state index contributed by atoms with van der Waals surface area (Å²) in [6.07, 6.45) is 2.51. The molecule has 1 amide bonds. The van der Waals surface area contributed by atoms with E-state index in [0.29, 0.717) is 25.5 Å². The van der Waals surface area contributed by atoms with Gasteiger partial charge in [-0.25, -0.2) is 9.97 Å². The number of benzene rings is 2. The highest BCUT2D eigenvalue weighted by molar-refractivity contribution is 5.81. The zero-order valence-corrected chi connectivity index (χ0v) is 15.4. The van der Waals surface area contributed by atoms with Crippen molar-refractivity contribution in [2.24, 2.45) is 0 Å². The molecule has 0 radical (unpaired) electrons. The lowest BCUT2D eigenvalue weighted by Gasteiger charge is -2.17. The van der Waals surface area contributed by atoms with E-state index < -0.39 is 0 Å². The van der Waals surface area contributed by atoms with Gasteiger partial charge in [0.2, 0.25) is 11.8 Å². The van der Waals surface area contributed by atoms with Gasteiger partial charge in [0.15, 0.2) is 0 Å². The van der Waals surface area contributed by atoms with Gasteiger partial charge in [0.25, 0.3) is 0 Å². The first-order valence-corrected chi connectivity index (χ1v) is 9.46. The second kappa shape index (κ2) is 6.96. The Morgan fingerprint density at radius 2 is 1.86 bits per heavy atom. The topological polar surface area (TPSA) is 60.2 Å². The minimum atomic E-state index is -0.0304. The van der Waals surface area contributed by atoms with Crippen LogP contribution in [0.2, 0.25) is 0 Å². The summed E-state index contributed by atoms with van der Waals surface area (Å²) in [5, 5.41) is 1.09. The number of fused-ring (bicyclic) bond motifs is 2. The van der Waals surface area contributed by atoms with Crippen molar-refractivity contribution in [3.8, 4) is 5.88 Å². The molecule has 1 saturated heterocycles. The van der Waals surface area contributed by atoms with Gasteiger partial charge in [0, 0.05) is 24.4 Å². The van der Waals surface area contributed by atoms with Crippen LogP contribution in [0.1, 0.15) is 6.42 Å². The van der Waals surface area contributed by atoms with Crippen LogP contribution in [0.4, 0.5) is 0 Å². The first-order valence-electron chi connectivity index (χ1n) is 9.46. The molecule has 1 unspecified atom stereocenters. The molecule has 2 aromatic heterocycles. The third kappa shape index (κ3) is 3.17. The fourth-order valence-electron chi connectivity index (χ4n) is 3.72. The predicted octanol–water partition coefficient (Wildman–Crippen LogP) is 3.26. The molecule has 140 valence electrons. The summed E-state index contributed by atoms with van der Waals surface area (Å²) in [5.41, 5.74) is 2.79. The Labute approximate surface area is 162 Å². The van der Waals surface area contributed by atoms with Crippen molar-refractivity contribution < 1.29 is 9.53 Å². The molecular formula is C22H20N4O2. The van der Waals surface area contributed by atoms with Crippen LogP contribution in [0, 0.1) is 0 Å². The highest BCUT2D eigenvalue weighted by Crippen LogP contribution is 2.21. The summed E-state index contributed by atoms with van der Waals surface area (Å²) >= 11 is 0. The fraction of sp³-hybridized carbons (Fsp3) is 0.227. The standard InChI is InChI=1S/C22H20N4O2/c27-22(14-26-15-23-19-7-3-4-8-20(19)26)25-12-11-17(13-25)28-21-10-9-16-5-1-2-6-18(16)24-21/h1-10,15,17H,11-14H2. The van der Waals surface area contributed by atoms with Gasteiger partial charge >= 0.3 is 0 Å². The molecule has 0 N–H and O–H groups in total. The number of rotatable bonds is 4. The molecule has 2 aromatic carbocycles. The van der Waals surface area contributed by atoms with Gasteiger partial charge < -0.3 is 14.2 Å². The van der Waals surface area contributed by atoms with Crippen LogP contribution < -0.4 is 4.74 Å². The third-order valence-corrected chi connectivity index (χ3v) is 5.19. The number of carbonyl (C=O) groups is 1. The van der Waals surface area contributed by atoms with Crippen molar-refractivity contribution in [1.29, 1.82) is 0 Å². The minimum Gasteiger partial charge on any atom is -0.472 e. The van der Waals surface area contributed by atoms with Crippen LogP contribution in [0.3, 0.4) is 0 Å². The number of hydrogen-bond acceptors (Lipinski definition) is 4. The van der Waals surface area contributed by atoms with Crippen LogP contribution >= 0.6 is 0 Å². The molecule has 1 aliphatic rings. The summed E-state index contributed by atoms with van der Waals surface area (Å²) in [6, 6.07) is 19.7. The molecule has 1 aliphatic heterocycles. The van der Waals surface area contributed by atoms with E-state index >= 15 is 0 Å². The Hall–Kier alpha value is -3.41. The van der Waals surface area contributed by atoms with Crippen LogP contribution in [0.5, 0.6) is 5.88 Å². The highest BCUT2D eigenvalue weighted by atomic mass is 16.5. The molecule has 0 bridgehead atoms. The van der Waals surface area contributed by atoms with Gasteiger partial charge in [-0.3, -0.25) is 4.79 Å². The van der Waals surface area contributed by atoms with Gasteiger partial charge in [-0.2, -0.15) is 0 Å². The SMILES string of the molecule is O=C(Cn1cnc2ccccc21)N1CCC(Oc2ccc3ccccc3n2)C1. The maximum atomic E-state index is 12.7. The van der Waals surface area contributed by atoms with E-state index in [9.17, 15) is 4.79 Å². The van der Waals surface area contributed by atoms with E-state index in [1.807, 2.05) is 70.1 Å². The second-order valence-corrected chi connectivity index (χ2v) is 7.07. The van der Waals surface area contributed by atoms with Gasteiger partial charge in [0.05, 0.1) is 29.4 Å². The summed E-state index contributed by atoms with van der Waals surface area (Å²) in [6.45, 7) is 1.57. The number of para-hydroxylation sites is 3. The van der Waals surface area contributed by atoms with Crippen LogP contribution in [-0.4, -0.2) is 44.5 Å². The number of carbonyl (C=O) groups excluding carboxylic acids is 1. The molecule has 0 saturated carbocycles. The maximum Gasteiger partial charge on any atom is 0.242 e. The number of amides is 1. The smallest absolute Gasteiger partial charge is 0.242 e. The maximum absolute atomic E-state index is 12.7. The second-order valence-electron chi connectivity index (χ2n) is 7.07. The molecule has 0 spiro atoms. The van der Waals surface area contributed by atoms with Crippen LogP contribution in [-0.2, 0) is 11.3 Å². The Bertz CT molecular complexity index is 1150. The zero-order valence-electron chi connectivity index (χ0n) is 15.4. The Kier molecular flexibility index (Phi) is 4.16. The van der Waals surface area contributed by atoms with E-state index in [0.717, 1.165) is 28.4 Å². The number of hydrogen-bond donors (Lipinski definition) is 0. The average molecular weight is 372 g/mol. The first-order chi connectivity index (χ1) is 13.8. The summed E-state index contributed by atoms with van der Waals surface area (Å²) in [5.74, 6) is 0.694. The van der Waals surface area contributed by atoms with Crippen molar-refractivity contribution in [2.45, 2.75) is 19.1 Å². The molecular weight excluding hydrogens is 352 g/mol. The number of aromatic nitrogens is 3. The molecule has 6 heteroatoms. The van der Waals surface area contributed by atoms with Gasteiger partial charge in [-0.1, -0.05) is 30.3 Å². The molecule has 1 fully saturated rings. The summed E-state index contributed by atoms with van der Waals surface area (Å²) in [4.78, 5) is 23.5. The number of imidazole rings is 1. The fourth-order valence-corrected chi connectivity index (χ4v) is 3.72. The summed E-state index contributed by atoms with van der Waals surface area (Å²) < 4.78 is 7.94. The number of pyridine rings is 1. The molecule has 28 heavy (non-hydrogen) atoms. The monoisotopic (exact) mass is 372 g/mol. The largest absolute Gasteiger partial charge is 0.472 e. The Morgan fingerprint density at radius 3 is 2.79 bits per heavy atom. The Morgan fingerprint density at radius 1 is 1.04 bits per heavy atom. The van der Waals surface area contributed by atoms with E-state index in [2.05, 4.69) is 9.97 Å². The summed E-state index contributed by atoms with van der Waals surface area (Å²) in [7, 11) is 0.